The Morgan fingerprint density at radius 3 is 2.56 bits per heavy atom. The number of amides is 1. The maximum Gasteiger partial charge on any atom is 0.220 e. The minimum atomic E-state index is 0.202. The molecule has 0 heterocycles. The van der Waals surface area contributed by atoms with Crippen LogP contribution in [-0.2, 0) is 4.79 Å². The number of unbranched alkanes of at least 4 members (excludes halogenated alkanes) is 2. The molecular weight excluding hydrogens is 200 g/mol. The van der Waals surface area contributed by atoms with Crippen LogP contribution in [0, 0.1) is 5.41 Å². The van der Waals surface area contributed by atoms with Crippen LogP contribution in [0.3, 0.4) is 0 Å². The third kappa shape index (κ3) is 4.12. The fourth-order valence-corrected chi connectivity index (χ4v) is 2.49. The lowest BCUT2D eigenvalue weighted by Gasteiger charge is -2.27. The van der Waals surface area contributed by atoms with Gasteiger partial charge in [0.25, 0.3) is 0 Å². The minimum Gasteiger partial charge on any atom is -0.355 e. The highest BCUT2D eigenvalue weighted by atomic mass is 16.1. The van der Waals surface area contributed by atoms with Crippen LogP contribution in [-0.4, -0.2) is 19.0 Å². The summed E-state index contributed by atoms with van der Waals surface area (Å²) in [5, 5.41) is 3.06. The zero-order valence-corrected chi connectivity index (χ0v) is 10.6. The van der Waals surface area contributed by atoms with Crippen molar-refractivity contribution in [2.75, 3.05) is 13.1 Å². The van der Waals surface area contributed by atoms with Crippen molar-refractivity contribution >= 4 is 5.91 Å². The second-order valence-corrected chi connectivity index (χ2v) is 5.15. The summed E-state index contributed by atoms with van der Waals surface area (Å²) in [4.78, 5) is 11.6. The van der Waals surface area contributed by atoms with E-state index in [0.29, 0.717) is 13.0 Å². The van der Waals surface area contributed by atoms with Gasteiger partial charge in [-0.15, -0.1) is 0 Å². The van der Waals surface area contributed by atoms with E-state index in [-0.39, 0.29) is 11.3 Å². The number of hydrogen-bond donors (Lipinski definition) is 2. The fraction of sp³-hybridized carbons (Fsp3) is 0.923. The molecule has 94 valence electrons. The molecule has 1 aliphatic rings. The molecule has 0 aromatic heterocycles. The van der Waals surface area contributed by atoms with Crippen molar-refractivity contribution in [3.05, 3.63) is 0 Å². The van der Waals surface area contributed by atoms with Crippen molar-refractivity contribution in [2.24, 2.45) is 11.1 Å². The van der Waals surface area contributed by atoms with Gasteiger partial charge in [0.1, 0.15) is 0 Å². The maximum absolute atomic E-state index is 11.6. The number of nitrogens with one attached hydrogen (secondary N) is 1. The average molecular weight is 226 g/mol. The predicted molar refractivity (Wildman–Crippen MR) is 67.1 cm³/mol. The topological polar surface area (TPSA) is 55.1 Å². The van der Waals surface area contributed by atoms with Gasteiger partial charge in [-0.1, -0.05) is 32.6 Å². The lowest BCUT2D eigenvalue weighted by Crippen LogP contribution is -2.40. The Morgan fingerprint density at radius 2 is 2.00 bits per heavy atom. The van der Waals surface area contributed by atoms with Crippen molar-refractivity contribution in [3.63, 3.8) is 0 Å². The van der Waals surface area contributed by atoms with Crippen LogP contribution in [0.5, 0.6) is 0 Å². The van der Waals surface area contributed by atoms with Crippen LogP contribution >= 0.6 is 0 Å². The molecule has 1 rings (SSSR count). The first-order chi connectivity index (χ1) is 7.72. The van der Waals surface area contributed by atoms with Crippen LogP contribution in [0.15, 0.2) is 0 Å². The zero-order chi connectivity index (χ0) is 11.9. The molecule has 1 aliphatic carbocycles. The first-order valence-corrected chi connectivity index (χ1v) is 6.69. The Bertz CT molecular complexity index is 210. The molecule has 0 aromatic rings. The summed E-state index contributed by atoms with van der Waals surface area (Å²) in [6.45, 7) is 3.65. The van der Waals surface area contributed by atoms with Crippen LogP contribution in [0.1, 0.15) is 58.3 Å². The first-order valence-electron chi connectivity index (χ1n) is 6.69. The number of rotatable bonds is 7. The Morgan fingerprint density at radius 1 is 1.31 bits per heavy atom. The highest BCUT2D eigenvalue weighted by Crippen LogP contribution is 2.36. The average Bonchev–Trinajstić information content (AvgIpc) is 2.76. The number of carbonyl (C=O) groups excluding carboxylic acids is 1. The van der Waals surface area contributed by atoms with Crippen molar-refractivity contribution in [1.29, 1.82) is 0 Å². The lowest BCUT2D eigenvalue weighted by molar-refractivity contribution is -0.121. The molecule has 0 atom stereocenters. The molecule has 0 bridgehead atoms. The van der Waals surface area contributed by atoms with Gasteiger partial charge in [0.15, 0.2) is 0 Å². The smallest absolute Gasteiger partial charge is 0.220 e. The number of carbonyl (C=O) groups is 1. The van der Waals surface area contributed by atoms with Gasteiger partial charge in [0, 0.05) is 13.0 Å². The summed E-state index contributed by atoms with van der Waals surface area (Å²) in [5.74, 6) is 0.202. The van der Waals surface area contributed by atoms with E-state index in [1.165, 1.54) is 32.1 Å². The first kappa shape index (κ1) is 13.5. The van der Waals surface area contributed by atoms with E-state index in [1.54, 1.807) is 0 Å². The molecule has 0 radical (unpaired) electrons. The van der Waals surface area contributed by atoms with Gasteiger partial charge in [0.2, 0.25) is 5.91 Å². The molecule has 0 unspecified atom stereocenters. The third-order valence-electron chi connectivity index (χ3n) is 3.77. The van der Waals surface area contributed by atoms with E-state index in [0.717, 1.165) is 19.4 Å². The molecule has 3 N–H and O–H groups in total. The Hall–Kier alpha value is -0.570. The normalized spacial score (nSPS) is 18.6. The second-order valence-electron chi connectivity index (χ2n) is 5.15. The molecule has 3 heteroatoms. The van der Waals surface area contributed by atoms with E-state index < -0.39 is 0 Å². The van der Waals surface area contributed by atoms with E-state index in [2.05, 4.69) is 12.2 Å². The highest BCUT2D eigenvalue weighted by molar-refractivity contribution is 5.75. The molecule has 16 heavy (non-hydrogen) atoms. The Balaban J connectivity index is 2.19. The van der Waals surface area contributed by atoms with Gasteiger partial charge in [-0.25, -0.2) is 0 Å². The zero-order valence-electron chi connectivity index (χ0n) is 10.6. The molecule has 3 nitrogen and oxygen atoms in total. The van der Waals surface area contributed by atoms with Gasteiger partial charge in [-0.3, -0.25) is 4.79 Å². The summed E-state index contributed by atoms with van der Waals surface area (Å²) in [6, 6.07) is 0. The standard InChI is InChI=1S/C13H26N2O/c1-2-3-4-7-12(16)15-11-13(10-14)8-5-6-9-13/h2-11,14H2,1H3,(H,15,16). The summed E-state index contributed by atoms with van der Waals surface area (Å²) in [7, 11) is 0. The predicted octanol–water partition coefficient (Wildman–Crippen LogP) is 2.20. The fourth-order valence-electron chi connectivity index (χ4n) is 2.49. The number of hydrogen-bond acceptors (Lipinski definition) is 2. The summed E-state index contributed by atoms with van der Waals surface area (Å²) in [6.07, 6.45) is 8.89. The van der Waals surface area contributed by atoms with Crippen LogP contribution < -0.4 is 11.1 Å². The molecule has 0 aromatic carbocycles. The van der Waals surface area contributed by atoms with Gasteiger partial charge in [0.05, 0.1) is 0 Å². The van der Waals surface area contributed by atoms with E-state index in [1.807, 2.05) is 0 Å². The van der Waals surface area contributed by atoms with E-state index in [4.69, 9.17) is 5.73 Å². The molecular formula is C13H26N2O. The van der Waals surface area contributed by atoms with Gasteiger partial charge >= 0.3 is 0 Å². The van der Waals surface area contributed by atoms with Crippen LogP contribution in [0.2, 0.25) is 0 Å². The molecule has 1 fully saturated rings. The van der Waals surface area contributed by atoms with Crippen molar-refractivity contribution < 1.29 is 4.79 Å². The third-order valence-corrected chi connectivity index (χ3v) is 3.77. The quantitative estimate of drug-likeness (QED) is 0.654. The second kappa shape index (κ2) is 6.89. The minimum absolute atomic E-state index is 0.202. The summed E-state index contributed by atoms with van der Waals surface area (Å²) < 4.78 is 0. The molecule has 0 spiro atoms. The Kier molecular flexibility index (Phi) is 5.81. The SMILES string of the molecule is CCCCCC(=O)NCC1(CN)CCCC1. The highest BCUT2D eigenvalue weighted by Gasteiger charge is 2.32. The molecule has 1 saturated carbocycles. The van der Waals surface area contributed by atoms with Gasteiger partial charge in [-0.05, 0) is 31.2 Å². The summed E-state index contributed by atoms with van der Waals surface area (Å²) >= 11 is 0. The van der Waals surface area contributed by atoms with Crippen LogP contribution in [0.4, 0.5) is 0 Å². The Labute approximate surface area is 99.2 Å². The summed E-state index contributed by atoms with van der Waals surface area (Å²) in [5.41, 5.74) is 6.03. The lowest BCUT2D eigenvalue weighted by atomic mass is 9.86. The monoisotopic (exact) mass is 226 g/mol. The maximum atomic E-state index is 11.6. The molecule has 1 amide bonds. The van der Waals surface area contributed by atoms with Crippen molar-refractivity contribution in [1.82, 2.24) is 5.32 Å². The van der Waals surface area contributed by atoms with Crippen LogP contribution in [0.25, 0.3) is 0 Å². The molecule has 0 aliphatic heterocycles. The van der Waals surface area contributed by atoms with Gasteiger partial charge in [-0.2, -0.15) is 0 Å². The van der Waals surface area contributed by atoms with E-state index >= 15 is 0 Å². The van der Waals surface area contributed by atoms with Crippen molar-refractivity contribution in [3.8, 4) is 0 Å². The van der Waals surface area contributed by atoms with Gasteiger partial charge < -0.3 is 11.1 Å². The van der Waals surface area contributed by atoms with Crippen molar-refractivity contribution in [2.45, 2.75) is 58.3 Å². The van der Waals surface area contributed by atoms with E-state index in [9.17, 15) is 4.79 Å². The number of nitrogens with two attached hydrogens (primary N) is 1. The molecule has 0 saturated heterocycles. The largest absolute Gasteiger partial charge is 0.355 e.